The topological polar surface area (TPSA) is 66.8 Å². The molecule has 0 fully saturated rings. The third-order valence-electron chi connectivity index (χ3n) is 3.57. The highest BCUT2D eigenvalue weighted by Gasteiger charge is 2.08. The molecule has 0 aliphatic carbocycles. The van der Waals surface area contributed by atoms with Crippen LogP contribution in [0.2, 0.25) is 0 Å². The quantitative estimate of drug-likeness (QED) is 0.476. The molecule has 0 atom stereocenters. The summed E-state index contributed by atoms with van der Waals surface area (Å²) in [6.07, 6.45) is 7.55. The van der Waals surface area contributed by atoms with E-state index in [1.807, 2.05) is 19.1 Å². The number of phenols is 2. The molecule has 0 amide bonds. The molecule has 0 bridgehead atoms. The maximum atomic E-state index is 12.2. The summed E-state index contributed by atoms with van der Waals surface area (Å²) in [6, 6.07) is 9.41. The maximum Gasteiger partial charge on any atom is 0.185 e. The first-order valence-electron chi connectivity index (χ1n) is 7.57. The van der Waals surface area contributed by atoms with Gasteiger partial charge in [-0.05, 0) is 61.4 Å². The van der Waals surface area contributed by atoms with Gasteiger partial charge in [-0.1, -0.05) is 12.2 Å². The average Bonchev–Trinajstić information content (AvgIpc) is 2.59. The highest BCUT2D eigenvalue weighted by molar-refractivity contribution is 6.07. The SMILES string of the molecule is C/C=C/Cc1cc(/C=C/C(=O)c2ccc(O)cc2)c(OC)cc1O. The van der Waals surface area contributed by atoms with Crippen molar-refractivity contribution >= 4 is 11.9 Å². The molecule has 4 nitrogen and oxygen atoms in total. The van der Waals surface area contributed by atoms with Gasteiger partial charge >= 0.3 is 0 Å². The van der Waals surface area contributed by atoms with Gasteiger partial charge in [-0.15, -0.1) is 0 Å². The zero-order valence-electron chi connectivity index (χ0n) is 13.7. The number of ketones is 1. The van der Waals surface area contributed by atoms with Gasteiger partial charge in [0.1, 0.15) is 17.2 Å². The van der Waals surface area contributed by atoms with Gasteiger partial charge in [0.15, 0.2) is 5.78 Å². The molecule has 0 aliphatic heterocycles. The molecule has 2 N–H and O–H groups in total. The standard InChI is InChI=1S/C20H20O4/c1-3-4-5-15-12-16(20(24-2)13-19(15)23)8-11-18(22)14-6-9-17(21)10-7-14/h3-4,6-13,21,23H,5H2,1-2H3/b4-3+,11-8+. The van der Waals surface area contributed by atoms with Gasteiger partial charge in [0.25, 0.3) is 0 Å². The van der Waals surface area contributed by atoms with Gasteiger partial charge in [-0.25, -0.2) is 0 Å². The molecular weight excluding hydrogens is 304 g/mol. The number of rotatable bonds is 6. The second kappa shape index (κ2) is 8.02. The summed E-state index contributed by atoms with van der Waals surface area (Å²) in [4.78, 5) is 12.2. The molecule has 124 valence electrons. The Kier molecular flexibility index (Phi) is 5.79. The van der Waals surface area contributed by atoms with Crippen molar-refractivity contribution in [3.05, 3.63) is 71.3 Å². The Morgan fingerprint density at radius 2 is 1.88 bits per heavy atom. The number of hydrogen-bond acceptors (Lipinski definition) is 4. The van der Waals surface area contributed by atoms with E-state index in [9.17, 15) is 15.0 Å². The lowest BCUT2D eigenvalue weighted by Crippen LogP contribution is -1.95. The largest absolute Gasteiger partial charge is 0.508 e. The summed E-state index contributed by atoms with van der Waals surface area (Å²) in [6.45, 7) is 1.91. The number of carbonyl (C=O) groups is 1. The first-order valence-corrected chi connectivity index (χ1v) is 7.57. The Hall–Kier alpha value is -3.01. The average molecular weight is 324 g/mol. The Bertz CT molecular complexity index is 771. The van der Waals surface area contributed by atoms with Crippen molar-refractivity contribution in [1.29, 1.82) is 0 Å². The zero-order valence-corrected chi connectivity index (χ0v) is 13.7. The molecular formula is C20H20O4. The van der Waals surface area contributed by atoms with E-state index in [1.165, 1.54) is 25.3 Å². The van der Waals surface area contributed by atoms with Gasteiger partial charge in [0.2, 0.25) is 0 Å². The van der Waals surface area contributed by atoms with Crippen molar-refractivity contribution in [3.8, 4) is 17.2 Å². The van der Waals surface area contributed by atoms with Gasteiger partial charge < -0.3 is 14.9 Å². The number of ether oxygens (including phenoxy) is 1. The molecule has 0 saturated carbocycles. The highest BCUT2D eigenvalue weighted by Crippen LogP contribution is 2.30. The zero-order chi connectivity index (χ0) is 17.5. The first-order chi connectivity index (χ1) is 11.5. The summed E-state index contributed by atoms with van der Waals surface area (Å²) in [5, 5.41) is 19.3. The molecule has 0 unspecified atom stereocenters. The molecule has 2 aromatic carbocycles. The van der Waals surface area contributed by atoms with Crippen LogP contribution in [-0.2, 0) is 6.42 Å². The molecule has 2 rings (SSSR count). The Morgan fingerprint density at radius 3 is 2.50 bits per heavy atom. The predicted octanol–water partition coefficient (Wildman–Crippen LogP) is 4.12. The van der Waals surface area contributed by atoms with Crippen molar-refractivity contribution < 1.29 is 19.7 Å². The summed E-state index contributed by atoms with van der Waals surface area (Å²) >= 11 is 0. The molecule has 0 spiro atoms. The van der Waals surface area contributed by atoms with E-state index in [0.29, 0.717) is 23.3 Å². The van der Waals surface area contributed by atoms with Crippen LogP contribution in [0.5, 0.6) is 17.2 Å². The second-order valence-electron chi connectivity index (χ2n) is 5.24. The first kappa shape index (κ1) is 17.3. The normalized spacial score (nSPS) is 11.2. The third kappa shape index (κ3) is 4.26. The van der Waals surface area contributed by atoms with Crippen LogP contribution in [0.1, 0.15) is 28.4 Å². The minimum Gasteiger partial charge on any atom is -0.508 e. The van der Waals surface area contributed by atoms with Crippen LogP contribution < -0.4 is 4.74 Å². The molecule has 2 aromatic rings. The molecule has 0 aliphatic rings. The van der Waals surface area contributed by atoms with Gasteiger partial charge in [-0.2, -0.15) is 0 Å². The van der Waals surface area contributed by atoms with Crippen LogP contribution in [0.15, 0.2) is 54.6 Å². The van der Waals surface area contributed by atoms with Crippen LogP contribution in [0.4, 0.5) is 0 Å². The second-order valence-corrected chi connectivity index (χ2v) is 5.24. The molecule has 0 heterocycles. The van der Waals surface area contributed by atoms with E-state index in [1.54, 1.807) is 30.3 Å². The number of phenolic OH excluding ortho intramolecular Hbond substituents is 2. The van der Waals surface area contributed by atoms with Crippen molar-refractivity contribution in [1.82, 2.24) is 0 Å². The van der Waals surface area contributed by atoms with Crippen molar-refractivity contribution in [2.75, 3.05) is 7.11 Å². The van der Waals surface area contributed by atoms with Crippen LogP contribution in [0.3, 0.4) is 0 Å². The minimum absolute atomic E-state index is 0.115. The maximum absolute atomic E-state index is 12.2. The van der Waals surface area contributed by atoms with Crippen LogP contribution >= 0.6 is 0 Å². The molecule has 24 heavy (non-hydrogen) atoms. The Balaban J connectivity index is 2.29. The summed E-state index contributed by atoms with van der Waals surface area (Å²) in [7, 11) is 1.51. The van der Waals surface area contributed by atoms with Gasteiger partial charge in [-0.3, -0.25) is 4.79 Å². The number of benzene rings is 2. The third-order valence-corrected chi connectivity index (χ3v) is 3.57. The number of aromatic hydroxyl groups is 2. The van der Waals surface area contributed by atoms with E-state index < -0.39 is 0 Å². The molecule has 4 heteroatoms. The molecule has 0 saturated heterocycles. The fraction of sp³-hybridized carbons (Fsp3) is 0.150. The smallest absolute Gasteiger partial charge is 0.185 e. The lowest BCUT2D eigenvalue weighted by molar-refractivity contribution is 0.104. The Morgan fingerprint density at radius 1 is 1.17 bits per heavy atom. The van der Waals surface area contributed by atoms with E-state index in [4.69, 9.17) is 4.74 Å². The lowest BCUT2D eigenvalue weighted by atomic mass is 10.0. The van der Waals surface area contributed by atoms with Crippen LogP contribution in [0.25, 0.3) is 6.08 Å². The minimum atomic E-state index is -0.180. The molecule has 0 aromatic heterocycles. The summed E-state index contributed by atoms with van der Waals surface area (Å²) in [5.74, 6) is 0.586. The van der Waals surface area contributed by atoms with Gasteiger partial charge in [0, 0.05) is 17.2 Å². The number of carbonyl (C=O) groups excluding carboxylic acids is 1. The van der Waals surface area contributed by atoms with Crippen LogP contribution in [-0.4, -0.2) is 23.1 Å². The van der Waals surface area contributed by atoms with Crippen LogP contribution in [0, 0.1) is 0 Å². The van der Waals surface area contributed by atoms with E-state index >= 15 is 0 Å². The number of methoxy groups -OCH3 is 1. The number of hydrogen-bond donors (Lipinski definition) is 2. The van der Waals surface area contributed by atoms with Crippen molar-refractivity contribution in [2.24, 2.45) is 0 Å². The fourth-order valence-corrected chi connectivity index (χ4v) is 2.24. The lowest BCUT2D eigenvalue weighted by Gasteiger charge is -2.09. The van der Waals surface area contributed by atoms with Crippen molar-refractivity contribution in [3.63, 3.8) is 0 Å². The summed E-state index contributed by atoms with van der Waals surface area (Å²) in [5.41, 5.74) is 1.95. The van der Waals surface area contributed by atoms with E-state index in [0.717, 1.165) is 5.56 Å². The van der Waals surface area contributed by atoms with Gasteiger partial charge in [0.05, 0.1) is 7.11 Å². The van der Waals surface area contributed by atoms with E-state index in [2.05, 4.69) is 0 Å². The van der Waals surface area contributed by atoms with E-state index in [-0.39, 0.29) is 17.3 Å². The monoisotopic (exact) mass is 324 g/mol. The predicted molar refractivity (Wildman–Crippen MR) is 94.6 cm³/mol. The summed E-state index contributed by atoms with van der Waals surface area (Å²) < 4.78 is 5.27. The fourth-order valence-electron chi connectivity index (χ4n) is 2.24. The Labute approximate surface area is 141 Å². The highest BCUT2D eigenvalue weighted by atomic mass is 16.5. The molecule has 0 radical (unpaired) electrons. The van der Waals surface area contributed by atoms with Crippen molar-refractivity contribution in [2.45, 2.75) is 13.3 Å². The number of allylic oxidation sites excluding steroid dienone is 3.